The molecule has 0 bridgehead atoms. The van der Waals surface area contributed by atoms with Gasteiger partial charge in [-0.2, -0.15) is 0 Å². The number of pyridine rings is 1. The van der Waals surface area contributed by atoms with Crippen LogP contribution in [0.1, 0.15) is 32.9 Å². The van der Waals surface area contributed by atoms with Crippen LogP contribution in [0.15, 0.2) is 29.2 Å². The topological polar surface area (TPSA) is 79.9 Å². The highest BCUT2D eigenvalue weighted by Gasteiger charge is 2.59. The molecular formula is C19H24N4O2. The first-order valence-electron chi connectivity index (χ1n) is 8.94. The Morgan fingerprint density at radius 3 is 2.96 bits per heavy atom. The second kappa shape index (κ2) is 5.95. The zero-order chi connectivity index (χ0) is 17.6. The zero-order valence-corrected chi connectivity index (χ0v) is 14.9. The predicted molar refractivity (Wildman–Crippen MR) is 96.5 cm³/mol. The summed E-state index contributed by atoms with van der Waals surface area (Å²) in [5, 5.41) is 3.57. The number of hydrogen-bond donors (Lipinski definition) is 2. The molecule has 0 unspecified atom stereocenters. The lowest BCUT2D eigenvalue weighted by molar-refractivity contribution is -0.0924. The van der Waals surface area contributed by atoms with Gasteiger partial charge in [0, 0.05) is 47.5 Å². The highest BCUT2D eigenvalue weighted by molar-refractivity contribution is 5.56. The molecule has 1 saturated heterocycles. The number of nitrogens with one attached hydrogen (secondary N) is 2. The van der Waals surface area contributed by atoms with Gasteiger partial charge in [0.25, 0.3) is 5.56 Å². The van der Waals surface area contributed by atoms with Gasteiger partial charge < -0.3 is 15.0 Å². The van der Waals surface area contributed by atoms with Crippen molar-refractivity contribution >= 4 is 5.82 Å². The average molecular weight is 340 g/mol. The summed E-state index contributed by atoms with van der Waals surface area (Å²) < 4.78 is 5.84. The molecule has 25 heavy (non-hydrogen) atoms. The molecule has 132 valence electrons. The van der Waals surface area contributed by atoms with Gasteiger partial charge in [-0.3, -0.25) is 4.79 Å². The third kappa shape index (κ3) is 2.74. The molecule has 6 nitrogen and oxygen atoms in total. The van der Waals surface area contributed by atoms with Crippen molar-refractivity contribution < 1.29 is 4.74 Å². The summed E-state index contributed by atoms with van der Waals surface area (Å²) in [4.78, 5) is 23.5. The second-order valence-electron chi connectivity index (χ2n) is 7.56. The smallest absolute Gasteiger partial charge is 0.251 e. The maximum atomic E-state index is 11.7. The van der Waals surface area contributed by atoms with Crippen molar-refractivity contribution in [1.29, 1.82) is 0 Å². The number of aromatic amines is 1. The molecule has 1 aliphatic heterocycles. The number of H-pyrrole nitrogens is 1. The Bertz CT molecular complexity index is 828. The molecule has 0 radical (unpaired) electrons. The van der Waals surface area contributed by atoms with Crippen LogP contribution in [-0.4, -0.2) is 33.7 Å². The molecule has 2 fully saturated rings. The van der Waals surface area contributed by atoms with Crippen LogP contribution >= 0.6 is 0 Å². The van der Waals surface area contributed by atoms with Gasteiger partial charge in [0.2, 0.25) is 0 Å². The van der Waals surface area contributed by atoms with Gasteiger partial charge in [-0.05, 0) is 25.0 Å². The number of anilines is 1. The van der Waals surface area contributed by atoms with E-state index in [0.717, 1.165) is 36.5 Å². The van der Waals surface area contributed by atoms with Crippen LogP contribution in [0.2, 0.25) is 0 Å². The van der Waals surface area contributed by atoms with Gasteiger partial charge in [0.05, 0.1) is 6.10 Å². The number of aryl methyl sites for hydroxylation is 1. The third-order valence-corrected chi connectivity index (χ3v) is 5.60. The van der Waals surface area contributed by atoms with Crippen LogP contribution < -0.4 is 10.9 Å². The standard InChI is InChI=1S/C19H24N4O2/c1-4-12-9-15(24)23-18(21-12)11-5-6-14(20-10-11)22-16-13-7-8-25-17(13)19(16,2)3/h5-6,9-10,13,16-17H,4,7-8H2,1-3H3,(H,20,22)(H,21,23,24)/t13-,16-,17-/m1/s1. The molecule has 3 atom stereocenters. The van der Waals surface area contributed by atoms with E-state index in [0.29, 0.717) is 23.9 Å². The van der Waals surface area contributed by atoms with Crippen molar-refractivity contribution in [3.8, 4) is 11.4 Å². The summed E-state index contributed by atoms with van der Waals surface area (Å²) in [6.45, 7) is 7.33. The van der Waals surface area contributed by atoms with Gasteiger partial charge in [0.1, 0.15) is 11.6 Å². The lowest BCUT2D eigenvalue weighted by Gasteiger charge is -2.54. The van der Waals surface area contributed by atoms with Crippen molar-refractivity contribution in [2.75, 3.05) is 11.9 Å². The fourth-order valence-corrected chi connectivity index (χ4v) is 4.22. The van der Waals surface area contributed by atoms with Gasteiger partial charge in [-0.25, -0.2) is 9.97 Å². The van der Waals surface area contributed by atoms with E-state index < -0.39 is 0 Å². The summed E-state index contributed by atoms with van der Waals surface area (Å²) in [5.41, 5.74) is 1.58. The van der Waals surface area contributed by atoms with E-state index in [9.17, 15) is 4.79 Å². The normalized spacial score (nSPS) is 26.8. The monoisotopic (exact) mass is 340 g/mol. The Balaban J connectivity index is 1.53. The van der Waals surface area contributed by atoms with Gasteiger partial charge in [-0.1, -0.05) is 20.8 Å². The van der Waals surface area contributed by atoms with Crippen molar-refractivity contribution in [3.05, 3.63) is 40.4 Å². The minimum atomic E-state index is -0.132. The highest BCUT2D eigenvalue weighted by Crippen LogP contribution is 2.53. The number of aromatic nitrogens is 3. The maximum Gasteiger partial charge on any atom is 0.251 e. The Morgan fingerprint density at radius 1 is 1.40 bits per heavy atom. The van der Waals surface area contributed by atoms with Crippen LogP contribution in [0.25, 0.3) is 11.4 Å². The number of rotatable bonds is 4. The second-order valence-corrected chi connectivity index (χ2v) is 7.56. The van der Waals surface area contributed by atoms with Crippen molar-refractivity contribution in [2.24, 2.45) is 11.3 Å². The van der Waals surface area contributed by atoms with E-state index in [-0.39, 0.29) is 11.0 Å². The summed E-state index contributed by atoms with van der Waals surface area (Å²) in [6, 6.07) is 5.81. The summed E-state index contributed by atoms with van der Waals surface area (Å²) in [6.07, 6.45) is 3.95. The largest absolute Gasteiger partial charge is 0.377 e. The fraction of sp³-hybridized carbons (Fsp3) is 0.526. The molecule has 2 aliphatic rings. The fourth-order valence-electron chi connectivity index (χ4n) is 4.22. The molecule has 2 N–H and O–H groups in total. The minimum Gasteiger partial charge on any atom is -0.377 e. The minimum absolute atomic E-state index is 0.115. The molecule has 2 aromatic rings. The van der Waals surface area contributed by atoms with Crippen LogP contribution in [0, 0.1) is 11.3 Å². The molecule has 4 rings (SSSR count). The Kier molecular flexibility index (Phi) is 3.87. The van der Waals surface area contributed by atoms with E-state index in [2.05, 4.69) is 34.1 Å². The first kappa shape index (κ1) is 16.3. The molecule has 1 saturated carbocycles. The molecule has 2 aromatic heterocycles. The molecule has 0 aromatic carbocycles. The predicted octanol–water partition coefficient (Wildman–Crippen LogP) is 2.62. The quantitative estimate of drug-likeness (QED) is 0.894. The molecule has 0 spiro atoms. The van der Waals surface area contributed by atoms with E-state index in [4.69, 9.17) is 4.74 Å². The van der Waals surface area contributed by atoms with Crippen LogP contribution in [0.4, 0.5) is 5.82 Å². The zero-order valence-electron chi connectivity index (χ0n) is 14.9. The molecule has 6 heteroatoms. The van der Waals surface area contributed by atoms with Gasteiger partial charge in [-0.15, -0.1) is 0 Å². The Labute approximate surface area is 147 Å². The Morgan fingerprint density at radius 2 is 2.24 bits per heavy atom. The van der Waals surface area contributed by atoms with E-state index in [1.807, 2.05) is 19.1 Å². The Hall–Kier alpha value is -2.21. The number of nitrogens with zero attached hydrogens (tertiary/aromatic N) is 2. The van der Waals surface area contributed by atoms with E-state index in [1.165, 1.54) is 6.07 Å². The van der Waals surface area contributed by atoms with Crippen LogP contribution in [-0.2, 0) is 11.2 Å². The van der Waals surface area contributed by atoms with Gasteiger partial charge in [0.15, 0.2) is 0 Å². The summed E-state index contributed by atoms with van der Waals surface area (Å²) in [5.74, 6) is 1.98. The van der Waals surface area contributed by atoms with E-state index in [1.54, 1.807) is 6.20 Å². The third-order valence-electron chi connectivity index (χ3n) is 5.60. The van der Waals surface area contributed by atoms with Crippen molar-refractivity contribution in [1.82, 2.24) is 15.0 Å². The SMILES string of the molecule is CCc1cc(=O)[nH]c(-c2ccc(N[C@@H]3[C@H]4CCO[C@H]4C3(C)C)nc2)n1. The number of ether oxygens (including phenoxy) is 1. The maximum absolute atomic E-state index is 11.7. The van der Waals surface area contributed by atoms with Crippen molar-refractivity contribution in [2.45, 2.75) is 45.8 Å². The highest BCUT2D eigenvalue weighted by atomic mass is 16.5. The molecule has 0 amide bonds. The van der Waals surface area contributed by atoms with Gasteiger partial charge >= 0.3 is 0 Å². The lowest BCUT2D eigenvalue weighted by atomic mass is 9.57. The molecule has 1 aliphatic carbocycles. The number of hydrogen-bond acceptors (Lipinski definition) is 5. The van der Waals surface area contributed by atoms with Crippen LogP contribution in [0.3, 0.4) is 0 Å². The van der Waals surface area contributed by atoms with Crippen LogP contribution in [0.5, 0.6) is 0 Å². The summed E-state index contributed by atoms with van der Waals surface area (Å²) in [7, 11) is 0. The molecular weight excluding hydrogens is 316 g/mol. The average Bonchev–Trinajstić information content (AvgIpc) is 3.07. The van der Waals surface area contributed by atoms with Crippen molar-refractivity contribution in [3.63, 3.8) is 0 Å². The van der Waals surface area contributed by atoms with E-state index >= 15 is 0 Å². The molecule has 3 heterocycles. The first-order chi connectivity index (χ1) is 12.0. The first-order valence-corrected chi connectivity index (χ1v) is 8.94. The summed E-state index contributed by atoms with van der Waals surface area (Å²) >= 11 is 0. The lowest BCUT2D eigenvalue weighted by Crippen LogP contribution is -2.63. The number of fused-ring (bicyclic) bond motifs is 1.